The Morgan fingerprint density at radius 3 is 0.627 bits per heavy atom. The lowest BCUT2D eigenvalue weighted by Crippen LogP contribution is -2.25. The first-order chi connectivity index (χ1) is 37.1. The van der Waals surface area contributed by atoms with Crippen LogP contribution in [-0.4, -0.2) is 64.8 Å². The number of unbranched alkanes of at least 4 members (excludes halogenated alkanes) is 38. The smallest absolute Gasteiger partial charge is 0.180 e. The van der Waals surface area contributed by atoms with Gasteiger partial charge in [0.25, 0.3) is 0 Å². The first kappa shape index (κ1) is 74.2. The summed E-state index contributed by atoms with van der Waals surface area (Å²) in [5.74, 6) is 0. The predicted molar refractivity (Wildman–Crippen MR) is 326 cm³/mol. The van der Waals surface area contributed by atoms with E-state index >= 15 is 0 Å². The van der Waals surface area contributed by atoms with Gasteiger partial charge < -0.3 is 33.2 Å². The molecule has 0 bridgehead atoms. The second kappa shape index (κ2) is 65.7. The van der Waals surface area contributed by atoms with E-state index in [0.717, 1.165) is 90.6 Å². The molecule has 0 aliphatic carbocycles. The minimum absolute atomic E-state index is 0.180. The van der Waals surface area contributed by atoms with Crippen molar-refractivity contribution in [2.24, 2.45) is 0 Å². The molecule has 0 aromatic carbocycles. The zero-order valence-corrected chi connectivity index (χ0v) is 51.7. The van der Waals surface area contributed by atoms with E-state index in [0.29, 0.717) is 13.2 Å². The van der Waals surface area contributed by atoms with Crippen LogP contribution in [0.15, 0.2) is 24.3 Å². The van der Waals surface area contributed by atoms with Crippen LogP contribution in [0.25, 0.3) is 0 Å². The summed E-state index contributed by atoms with van der Waals surface area (Å²) in [5, 5.41) is 0. The maximum atomic E-state index is 6.77. The number of ether oxygens (including phenoxy) is 7. The minimum Gasteiger partial charge on any atom is -0.353 e. The van der Waals surface area contributed by atoms with Crippen molar-refractivity contribution >= 4 is 0 Å². The summed E-state index contributed by atoms with van der Waals surface area (Å²) < 4.78 is 45.7. The molecule has 0 aromatic heterocycles. The van der Waals surface area contributed by atoms with Gasteiger partial charge >= 0.3 is 0 Å². The van der Waals surface area contributed by atoms with E-state index in [2.05, 4.69) is 65.8 Å². The van der Waals surface area contributed by atoms with Crippen LogP contribution in [0.1, 0.15) is 350 Å². The van der Waals surface area contributed by atoms with Crippen LogP contribution in [0.2, 0.25) is 0 Å². The van der Waals surface area contributed by atoms with E-state index < -0.39 is 12.6 Å². The van der Waals surface area contributed by atoms with Gasteiger partial charge in [0.2, 0.25) is 0 Å². The van der Waals surface area contributed by atoms with Crippen molar-refractivity contribution in [2.45, 2.75) is 375 Å². The molecule has 0 spiro atoms. The van der Waals surface area contributed by atoms with Crippen LogP contribution in [0.4, 0.5) is 0 Å². The van der Waals surface area contributed by atoms with Gasteiger partial charge in [-0.2, -0.15) is 0 Å². The summed E-state index contributed by atoms with van der Waals surface area (Å²) in [5.41, 5.74) is 0. The average molecular weight is 1060 g/mol. The SMILES string of the molecule is CCCCCCCCCCOC(C=CCCC(OCCCCCCCCC)OCCCCCCCCC)OC(C=CCCC(OCCCCCCCCC)OCCCCCCCCC)OCCCCCCCCCC. The Kier molecular flexibility index (Phi) is 65.0. The fraction of sp³-hybridized carbons (Fsp3) is 0.941. The van der Waals surface area contributed by atoms with Gasteiger partial charge in [-0.3, -0.25) is 0 Å². The van der Waals surface area contributed by atoms with E-state index in [1.807, 2.05) is 0 Å². The minimum atomic E-state index is -0.494. The Morgan fingerprint density at radius 2 is 0.413 bits per heavy atom. The molecule has 0 saturated carbocycles. The van der Waals surface area contributed by atoms with Gasteiger partial charge in [-0.05, 0) is 63.5 Å². The average Bonchev–Trinajstić information content (AvgIpc) is 3.42. The molecule has 0 saturated heterocycles. The normalized spacial score (nSPS) is 13.0. The largest absolute Gasteiger partial charge is 0.353 e. The number of hydrogen-bond donors (Lipinski definition) is 0. The lowest BCUT2D eigenvalue weighted by atomic mass is 10.1. The van der Waals surface area contributed by atoms with Crippen molar-refractivity contribution in [2.75, 3.05) is 39.6 Å². The number of hydrogen-bond acceptors (Lipinski definition) is 7. The van der Waals surface area contributed by atoms with Gasteiger partial charge in [-0.1, -0.05) is 298 Å². The molecule has 2 atom stereocenters. The van der Waals surface area contributed by atoms with Gasteiger partial charge in [-0.15, -0.1) is 0 Å². The molecule has 7 nitrogen and oxygen atoms in total. The molecule has 0 fully saturated rings. The number of rotatable bonds is 66. The molecule has 2 unspecified atom stereocenters. The van der Waals surface area contributed by atoms with Crippen LogP contribution >= 0.6 is 0 Å². The Bertz CT molecular complexity index is 962. The molecule has 0 rings (SSSR count). The molecular formula is C68H134O7. The van der Waals surface area contributed by atoms with Crippen molar-refractivity contribution in [3.8, 4) is 0 Å². The van der Waals surface area contributed by atoms with Crippen LogP contribution in [0, 0.1) is 0 Å². The van der Waals surface area contributed by atoms with Crippen molar-refractivity contribution in [3.05, 3.63) is 24.3 Å². The maximum absolute atomic E-state index is 6.77. The fourth-order valence-corrected chi connectivity index (χ4v) is 9.69. The second-order valence-electron chi connectivity index (χ2n) is 22.4. The van der Waals surface area contributed by atoms with E-state index in [1.165, 1.54) is 244 Å². The topological polar surface area (TPSA) is 64.6 Å². The third kappa shape index (κ3) is 59.2. The highest BCUT2D eigenvalue weighted by atomic mass is 16.8. The molecule has 0 aliphatic heterocycles. The summed E-state index contributed by atoms with van der Waals surface area (Å²) in [6.07, 6.45) is 67.0. The van der Waals surface area contributed by atoms with Gasteiger partial charge in [0.1, 0.15) is 0 Å². The first-order valence-corrected chi connectivity index (χ1v) is 33.8. The second-order valence-corrected chi connectivity index (χ2v) is 22.4. The van der Waals surface area contributed by atoms with E-state index in [-0.39, 0.29) is 12.6 Å². The van der Waals surface area contributed by atoms with Gasteiger partial charge in [0, 0.05) is 39.3 Å². The lowest BCUT2D eigenvalue weighted by molar-refractivity contribution is -0.208. The molecule has 0 aliphatic rings. The van der Waals surface area contributed by atoms with E-state index in [1.54, 1.807) is 0 Å². The molecule has 0 N–H and O–H groups in total. The highest BCUT2D eigenvalue weighted by molar-refractivity contribution is 4.90. The quantitative estimate of drug-likeness (QED) is 0.0342. The molecule has 7 heteroatoms. The Hall–Kier alpha value is -0.800. The highest BCUT2D eigenvalue weighted by Crippen LogP contribution is 2.18. The fourth-order valence-electron chi connectivity index (χ4n) is 9.69. The number of allylic oxidation sites excluding steroid dienone is 2. The van der Waals surface area contributed by atoms with Crippen molar-refractivity contribution in [1.29, 1.82) is 0 Å². The van der Waals surface area contributed by atoms with Crippen LogP contribution in [0.5, 0.6) is 0 Å². The summed E-state index contributed by atoms with van der Waals surface area (Å²) in [4.78, 5) is 0. The third-order valence-electron chi connectivity index (χ3n) is 14.8. The summed E-state index contributed by atoms with van der Waals surface area (Å²) in [6, 6.07) is 0. The van der Waals surface area contributed by atoms with E-state index in [9.17, 15) is 0 Å². The van der Waals surface area contributed by atoms with Crippen LogP contribution in [0.3, 0.4) is 0 Å². The molecule has 0 amide bonds. The predicted octanol–water partition coefficient (Wildman–Crippen LogP) is 22.4. The van der Waals surface area contributed by atoms with Gasteiger partial charge in [-0.25, -0.2) is 0 Å². The van der Waals surface area contributed by atoms with Crippen molar-refractivity contribution < 1.29 is 33.2 Å². The highest BCUT2D eigenvalue weighted by Gasteiger charge is 2.16. The standard InChI is InChI=1S/C68H134O7/c1-7-13-19-25-31-37-43-53-63-73-67(57-47-45-55-65(69-59-49-39-33-27-21-15-9-3)70-60-50-40-34-28-22-16-10-4)75-68(74-64-54-44-38-32-26-20-14-8-2)58-48-46-56-66(71-61-51-41-35-29-23-17-11-5)72-62-52-42-36-30-24-18-12-6/h47-48,57-58,65-68H,7-46,49-56,59-64H2,1-6H3. The first-order valence-electron chi connectivity index (χ1n) is 33.8. The van der Waals surface area contributed by atoms with Gasteiger partial charge in [0.05, 0.1) is 13.2 Å². The lowest BCUT2D eigenvalue weighted by Gasteiger charge is -2.22. The van der Waals surface area contributed by atoms with Crippen molar-refractivity contribution in [3.63, 3.8) is 0 Å². The summed E-state index contributed by atoms with van der Waals surface area (Å²) in [7, 11) is 0. The summed E-state index contributed by atoms with van der Waals surface area (Å²) in [6.45, 7) is 18.2. The third-order valence-corrected chi connectivity index (χ3v) is 14.8. The summed E-state index contributed by atoms with van der Waals surface area (Å²) >= 11 is 0. The Balaban J connectivity index is 5.94. The monoisotopic (exact) mass is 1060 g/mol. The molecule has 75 heavy (non-hydrogen) atoms. The maximum Gasteiger partial charge on any atom is 0.180 e. The van der Waals surface area contributed by atoms with Crippen LogP contribution < -0.4 is 0 Å². The van der Waals surface area contributed by atoms with Gasteiger partial charge in [0.15, 0.2) is 25.2 Å². The molecule has 0 radical (unpaired) electrons. The molecule has 448 valence electrons. The van der Waals surface area contributed by atoms with E-state index in [4.69, 9.17) is 33.2 Å². The van der Waals surface area contributed by atoms with Crippen molar-refractivity contribution in [1.82, 2.24) is 0 Å². The Morgan fingerprint density at radius 1 is 0.227 bits per heavy atom. The molecule has 0 heterocycles. The zero-order valence-electron chi connectivity index (χ0n) is 51.7. The Labute approximate surface area is 470 Å². The zero-order chi connectivity index (χ0) is 54.3. The molecular weight excluding hydrogens is 929 g/mol. The molecule has 0 aromatic rings. The van der Waals surface area contributed by atoms with Crippen LogP contribution in [-0.2, 0) is 33.2 Å².